The van der Waals surface area contributed by atoms with Crippen molar-refractivity contribution in [2.75, 3.05) is 5.75 Å². The summed E-state index contributed by atoms with van der Waals surface area (Å²) in [4.78, 5) is 5.49. The number of thioether (sulfide) groups is 1. The third kappa shape index (κ3) is 3.35. The summed E-state index contributed by atoms with van der Waals surface area (Å²) in [6.07, 6.45) is 4.75. The Morgan fingerprint density at radius 3 is 3.00 bits per heavy atom. The highest BCUT2D eigenvalue weighted by atomic mass is 32.2. The van der Waals surface area contributed by atoms with E-state index in [-0.39, 0.29) is 6.61 Å². The average molecular weight is 248 g/mol. The fourth-order valence-electron chi connectivity index (χ4n) is 1.63. The molecule has 0 saturated carbocycles. The van der Waals surface area contributed by atoms with E-state index in [9.17, 15) is 0 Å². The van der Waals surface area contributed by atoms with Crippen LogP contribution in [0.2, 0.25) is 0 Å². The van der Waals surface area contributed by atoms with Crippen LogP contribution >= 0.6 is 11.8 Å². The van der Waals surface area contributed by atoms with E-state index in [0.29, 0.717) is 0 Å². The number of aliphatic hydroxyl groups is 1. The Kier molecular flexibility index (Phi) is 4.23. The minimum atomic E-state index is 0.105. The number of aliphatic hydroxyl groups excluding tert-OH is 1. The highest BCUT2D eigenvalue weighted by molar-refractivity contribution is 7.99. The van der Waals surface area contributed by atoms with Crippen molar-refractivity contribution in [3.05, 3.63) is 48.0 Å². The minimum Gasteiger partial charge on any atom is -0.392 e. The molecule has 90 valence electrons. The van der Waals surface area contributed by atoms with Gasteiger partial charge < -0.3 is 9.67 Å². The lowest BCUT2D eigenvalue weighted by molar-refractivity contribution is 0.281. The minimum absolute atomic E-state index is 0.105. The molecule has 0 atom stereocenters. The number of hydrogen-bond donors (Lipinski definition) is 1. The Hall–Kier alpha value is -1.26. The highest BCUT2D eigenvalue weighted by Gasteiger charge is 2.00. The van der Waals surface area contributed by atoms with Crippen LogP contribution < -0.4 is 0 Å². The summed E-state index contributed by atoms with van der Waals surface area (Å²) < 4.78 is 2.05. The van der Waals surface area contributed by atoms with E-state index in [1.165, 1.54) is 4.90 Å². The van der Waals surface area contributed by atoms with Crippen molar-refractivity contribution >= 4 is 11.8 Å². The number of aryl methyl sites for hydroxylation is 2. The van der Waals surface area contributed by atoms with Crippen LogP contribution in [0.3, 0.4) is 0 Å². The zero-order valence-electron chi connectivity index (χ0n) is 9.84. The molecule has 2 rings (SSSR count). The summed E-state index contributed by atoms with van der Waals surface area (Å²) in [5, 5.41) is 9.05. The van der Waals surface area contributed by atoms with E-state index in [1.54, 1.807) is 11.8 Å². The van der Waals surface area contributed by atoms with Gasteiger partial charge in [0.1, 0.15) is 5.82 Å². The quantitative estimate of drug-likeness (QED) is 0.825. The molecular formula is C13H16N2OS. The molecule has 0 fully saturated rings. The number of nitrogens with zero attached hydrogens (tertiary/aromatic N) is 2. The molecule has 0 radical (unpaired) electrons. The summed E-state index contributed by atoms with van der Waals surface area (Å²) in [6, 6.07) is 8.02. The third-order valence-electron chi connectivity index (χ3n) is 2.60. The van der Waals surface area contributed by atoms with Gasteiger partial charge in [-0.1, -0.05) is 12.1 Å². The van der Waals surface area contributed by atoms with Gasteiger partial charge in [-0.05, 0) is 17.7 Å². The molecule has 4 heteroatoms. The van der Waals surface area contributed by atoms with Crippen LogP contribution in [0.5, 0.6) is 0 Å². The van der Waals surface area contributed by atoms with Gasteiger partial charge >= 0.3 is 0 Å². The van der Waals surface area contributed by atoms with Crippen molar-refractivity contribution in [3.8, 4) is 0 Å². The van der Waals surface area contributed by atoms with Crippen molar-refractivity contribution in [1.82, 2.24) is 9.55 Å². The first-order valence-electron chi connectivity index (χ1n) is 5.58. The fraction of sp³-hybridized carbons (Fsp3) is 0.308. The maximum atomic E-state index is 9.05. The number of rotatable bonds is 5. The maximum absolute atomic E-state index is 9.05. The van der Waals surface area contributed by atoms with Crippen LogP contribution in [0.4, 0.5) is 0 Å². The summed E-state index contributed by atoms with van der Waals surface area (Å²) in [5.41, 5.74) is 0.965. The molecule has 17 heavy (non-hydrogen) atoms. The first kappa shape index (κ1) is 12.2. The number of aromatic nitrogens is 2. The lowest BCUT2D eigenvalue weighted by atomic mass is 10.2. The molecule has 3 nitrogen and oxygen atoms in total. The first-order chi connectivity index (χ1) is 8.29. The van der Waals surface area contributed by atoms with Gasteiger partial charge in [0.2, 0.25) is 0 Å². The molecule has 1 N–H and O–H groups in total. The Balaban J connectivity index is 1.87. The fourth-order valence-corrected chi connectivity index (χ4v) is 2.56. The number of imidazole rings is 1. The second-order valence-electron chi connectivity index (χ2n) is 3.86. The van der Waals surface area contributed by atoms with Gasteiger partial charge in [-0.3, -0.25) is 0 Å². The van der Waals surface area contributed by atoms with Crippen LogP contribution in [0.25, 0.3) is 0 Å². The van der Waals surface area contributed by atoms with Gasteiger partial charge in [-0.15, -0.1) is 11.8 Å². The van der Waals surface area contributed by atoms with E-state index in [0.717, 1.165) is 23.6 Å². The number of hydrogen-bond acceptors (Lipinski definition) is 3. The van der Waals surface area contributed by atoms with E-state index >= 15 is 0 Å². The lowest BCUT2D eigenvalue weighted by Gasteiger charge is -2.04. The van der Waals surface area contributed by atoms with Crippen molar-refractivity contribution < 1.29 is 5.11 Å². The molecular weight excluding hydrogens is 232 g/mol. The molecule has 1 heterocycles. The van der Waals surface area contributed by atoms with Gasteiger partial charge in [-0.25, -0.2) is 4.98 Å². The average Bonchev–Trinajstić information content (AvgIpc) is 2.76. The van der Waals surface area contributed by atoms with E-state index in [4.69, 9.17) is 5.11 Å². The standard InChI is InChI=1S/C13H16N2OS/c1-15-7-6-14-13(15)5-8-17-12-4-2-3-11(9-12)10-16/h2-4,6-7,9,16H,5,8,10H2,1H3. The van der Waals surface area contributed by atoms with Crippen molar-refractivity contribution in [2.45, 2.75) is 17.9 Å². The normalized spacial score (nSPS) is 10.7. The molecule has 0 amide bonds. The van der Waals surface area contributed by atoms with Gasteiger partial charge in [0.15, 0.2) is 0 Å². The van der Waals surface area contributed by atoms with Crippen LogP contribution in [0, 0.1) is 0 Å². The summed E-state index contributed by atoms with van der Waals surface area (Å²) >= 11 is 1.79. The maximum Gasteiger partial charge on any atom is 0.109 e. The molecule has 1 aromatic carbocycles. The molecule has 2 aromatic rings. The Bertz CT molecular complexity index is 482. The van der Waals surface area contributed by atoms with Gasteiger partial charge in [0.05, 0.1) is 6.61 Å². The summed E-state index contributed by atoms with van der Waals surface area (Å²) in [5.74, 6) is 2.11. The van der Waals surface area contributed by atoms with Gasteiger partial charge in [0.25, 0.3) is 0 Å². The molecule has 0 unspecified atom stereocenters. The van der Waals surface area contributed by atoms with Crippen LogP contribution in [0.1, 0.15) is 11.4 Å². The second-order valence-corrected chi connectivity index (χ2v) is 5.03. The highest BCUT2D eigenvalue weighted by Crippen LogP contribution is 2.20. The predicted molar refractivity (Wildman–Crippen MR) is 70.0 cm³/mol. The smallest absolute Gasteiger partial charge is 0.109 e. The SMILES string of the molecule is Cn1ccnc1CCSc1cccc(CO)c1. The third-order valence-corrected chi connectivity index (χ3v) is 3.59. The first-order valence-corrected chi connectivity index (χ1v) is 6.57. The predicted octanol–water partition coefficient (Wildman–Crippen LogP) is 2.25. The van der Waals surface area contributed by atoms with Crippen LogP contribution in [-0.4, -0.2) is 20.4 Å². The summed E-state index contributed by atoms with van der Waals surface area (Å²) in [6.45, 7) is 0.105. The molecule has 0 aliphatic carbocycles. The van der Waals surface area contributed by atoms with E-state index in [2.05, 4.69) is 11.1 Å². The van der Waals surface area contributed by atoms with Crippen molar-refractivity contribution in [1.29, 1.82) is 0 Å². The molecule has 1 aromatic heterocycles. The van der Waals surface area contributed by atoms with Gasteiger partial charge in [-0.2, -0.15) is 0 Å². The second kappa shape index (κ2) is 5.89. The van der Waals surface area contributed by atoms with Crippen LogP contribution in [-0.2, 0) is 20.1 Å². The van der Waals surface area contributed by atoms with Crippen molar-refractivity contribution in [3.63, 3.8) is 0 Å². The largest absolute Gasteiger partial charge is 0.392 e. The Labute approximate surface area is 106 Å². The van der Waals surface area contributed by atoms with Crippen molar-refractivity contribution in [2.24, 2.45) is 7.05 Å². The van der Waals surface area contributed by atoms with E-state index in [1.807, 2.05) is 42.2 Å². The Morgan fingerprint density at radius 1 is 1.41 bits per heavy atom. The van der Waals surface area contributed by atoms with E-state index < -0.39 is 0 Å². The monoisotopic (exact) mass is 248 g/mol. The van der Waals surface area contributed by atoms with Gasteiger partial charge in [0, 0.05) is 36.5 Å². The van der Waals surface area contributed by atoms with Crippen LogP contribution in [0.15, 0.2) is 41.6 Å². The number of benzene rings is 1. The molecule has 0 spiro atoms. The topological polar surface area (TPSA) is 38.0 Å². The molecule has 0 bridgehead atoms. The zero-order valence-corrected chi connectivity index (χ0v) is 10.7. The summed E-state index contributed by atoms with van der Waals surface area (Å²) in [7, 11) is 2.01. The molecule has 0 saturated heterocycles. The molecule has 0 aliphatic rings. The Morgan fingerprint density at radius 2 is 2.29 bits per heavy atom. The molecule has 0 aliphatic heterocycles. The zero-order chi connectivity index (χ0) is 12.1. The lowest BCUT2D eigenvalue weighted by Crippen LogP contribution is -1.98.